The van der Waals surface area contributed by atoms with Gasteiger partial charge in [-0.15, -0.1) is 24.0 Å². The lowest BCUT2D eigenvalue weighted by molar-refractivity contribution is 0.179. The minimum atomic E-state index is -0.0351. The molecule has 0 fully saturated rings. The largest absolute Gasteiger partial charge is 0.493 e. The summed E-state index contributed by atoms with van der Waals surface area (Å²) in [6, 6.07) is 5.81. The van der Waals surface area contributed by atoms with Gasteiger partial charge < -0.3 is 30.0 Å². The van der Waals surface area contributed by atoms with E-state index >= 15 is 0 Å². The Kier molecular flexibility index (Phi) is 13.3. The second kappa shape index (κ2) is 14.0. The van der Waals surface area contributed by atoms with Crippen molar-refractivity contribution in [1.29, 1.82) is 0 Å². The Morgan fingerprint density at radius 3 is 2.64 bits per heavy atom. The van der Waals surface area contributed by atoms with Crippen molar-refractivity contribution in [1.82, 2.24) is 10.6 Å². The fourth-order valence-corrected chi connectivity index (χ4v) is 2.10. The van der Waals surface area contributed by atoms with Crippen LogP contribution in [0.1, 0.15) is 19.4 Å². The van der Waals surface area contributed by atoms with Crippen LogP contribution < -0.4 is 20.1 Å². The number of rotatable bonds is 10. The highest BCUT2D eigenvalue weighted by molar-refractivity contribution is 14.0. The van der Waals surface area contributed by atoms with Crippen molar-refractivity contribution in [3.63, 3.8) is 0 Å². The van der Waals surface area contributed by atoms with Crippen LogP contribution in [-0.2, 0) is 11.3 Å². The molecule has 0 heterocycles. The molecule has 0 saturated heterocycles. The fraction of sp³-hybridized carbons (Fsp3) is 0.588. The van der Waals surface area contributed by atoms with E-state index in [2.05, 4.69) is 15.6 Å². The molecule has 8 heteroatoms. The van der Waals surface area contributed by atoms with Crippen LogP contribution in [0.25, 0.3) is 0 Å². The SMILES string of the molecule is CCNC(=NCc1ccc(OCCO)c(OC)c1)NC(C)COC.I. The number of nitrogens with zero attached hydrogens (tertiary/aromatic N) is 1. The molecule has 144 valence electrons. The Morgan fingerprint density at radius 2 is 2.04 bits per heavy atom. The third-order valence-electron chi connectivity index (χ3n) is 3.14. The van der Waals surface area contributed by atoms with E-state index in [4.69, 9.17) is 19.3 Å². The van der Waals surface area contributed by atoms with E-state index in [1.807, 2.05) is 32.0 Å². The highest BCUT2D eigenvalue weighted by atomic mass is 127. The Morgan fingerprint density at radius 1 is 1.28 bits per heavy atom. The summed E-state index contributed by atoms with van der Waals surface area (Å²) >= 11 is 0. The van der Waals surface area contributed by atoms with E-state index in [-0.39, 0.29) is 43.2 Å². The van der Waals surface area contributed by atoms with E-state index in [1.165, 1.54) is 0 Å². The predicted molar refractivity (Wildman–Crippen MR) is 110 cm³/mol. The van der Waals surface area contributed by atoms with Crippen molar-refractivity contribution in [2.75, 3.05) is 40.6 Å². The molecular weight excluding hydrogens is 437 g/mol. The molecule has 0 amide bonds. The van der Waals surface area contributed by atoms with Crippen LogP contribution in [0.15, 0.2) is 23.2 Å². The quantitative estimate of drug-likeness (QED) is 0.277. The van der Waals surface area contributed by atoms with E-state index in [0.29, 0.717) is 24.7 Å². The summed E-state index contributed by atoms with van der Waals surface area (Å²) in [6.07, 6.45) is 0. The van der Waals surface area contributed by atoms with Gasteiger partial charge in [0, 0.05) is 19.7 Å². The third-order valence-corrected chi connectivity index (χ3v) is 3.14. The molecule has 0 saturated carbocycles. The normalized spacial score (nSPS) is 12.1. The maximum absolute atomic E-state index is 8.85. The molecule has 1 rings (SSSR count). The number of methoxy groups -OCH3 is 2. The molecule has 1 atom stereocenters. The number of aliphatic hydroxyl groups excluding tert-OH is 1. The minimum Gasteiger partial charge on any atom is -0.493 e. The van der Waals surface area contributed by atoms with Gasteiger partial charge in [0.15, 0.2) is 17.5 Å². The topological polar surface area (TPSA) is 84.3 Å². The van der Waals surface area contributed by atoms with Crippen LogP contribution in [0.3, 0.4) is 0 Å². The smallest absolute Gasteiger partial charge is 0.191 e. The first-order chi connectivity index (χ1) is 11.6. The summed E-state index contributed by atoms with van der Waals surface area (Å²) in [4.78, 5) is 4.58. The standard InChI is InChI=1S/C17H29N3O4.HI/c1-5-18-17(20-13(2)12-22-3)19-11-14-6-7-15(24-9-8-21)16(10-14)23-4;/h6-7,10,13,21H,5,8-9,11-12H2,1-4H3,(H2,18,19,20);1H. The molecule has 7 nitrogen and oxygen atoms in total. The average Bonchev–Trinajstić information content (AvgIpc) is 2.58. The maximum atomic E-state index is 8.85. The van der Waals surface area contributed by atoms with Crippen molar-refractivity contribution < 1.29 is 19.3 Å². The van der Waals surface area contributed by atoms with Crippen LogP contribution in [0.4, 0.5) is 0 Å². The van der Waals surface area contributed by atoms with Crippen LogP contribution in [0.2, 0.25) is 0 Å². The Balaban J connectivity index is 0.00000576. The van der Waals surface area contributed by atoms with Crippen LogP contribution in [-0.4, -0.2) is 57.7 Å². The third kappa shape index (κ3) is 9.13. The molecule has 25 heavy (non-hydrogen) atoms. The first kappa shape index (κ1) is 23.7. The zero-order chi connectivity index (χ0) is 17.8. The number of benzene rings is 1. The van der Waals surface area contributed by atoms with Crippen molar-refractivity contribution in [2.45, 2.75) is 26.4 Å². The summed E-state index contributed by atoms with van der Waals surface area (Å²) in [6.45, 7) is 6.15. The van der Waals surface area contributed by atoms with Gasteiger partial charge in [-0.3, -0.25) is 0 Å². The highest BCUT2D eigenvalue weighted by Crippen LogP contribution is 2.28. The average molecular weight is 467 g/mol. The zero-order valence-corrected chi connectivity index (χ0v) is 17.7. The molecule has 3 N–H and O–H groups in total. The summed E-state index contributed by atoms with van der Waals surface area (Å²) in [5, 5.41) is 15.3. The molecule has 0 aliphatic carbocycles. The monoisotopic (exact) mass is 467 g/mol. The van der Waals surface area contributed by atoms with Gasteiger partial charge in [0.2, 0.25) is 0 Å². The lowest BCUT2D eigenvalue weighted by Crippen LogP contribution is -2.43. The molecular formula is C17H30IN3O4. The number of guanidine groups is 1. The Bertz CT molecular complexity index is 515. The lowest BCUT2D eigenvalue weighted by Gasteiger charge is -2.17. The zero-order valence-electron chi connectivity index (χ0n) is 15.4. The van der Waals surface area contributed by atoms with Gasteiger partial charge in [0.05, 0.1) is 26.9 Å². The molecule has 1 aromatic carbocycles. The van der Waals surface area contributed by atoms with Crippen molar-refractivity contribution >= 4 is 29.9 Å². The molecule has 1 unspecified atom stereocenters. The number of ether oxygens (including phenoxy) is 3. The number of hydrogen-bond acceptors (Lipinski definition) is 5. The molecule has 0 aliphatic rings. The molecule has 0 aromatic heterocycles. The number of nitrogens with one attached hydrogen (secondary N) is 2. The molecule has 0 bridgehead atoms. The molecule has 1 aromatic rings. The van der Waals surface area contributed by atoms with Gasteiger partial charge in [-0.25, -0.2) is 4.99 Å². The van der Waals surface area contributed by atoms with Gasteiger partial charge in [0.25, 0.3) is 0 Å². The van der Waals surface area contributed by atoms with E-state index < -0.39 is 0 Å². The predicted octanol–water partition coefficient (Wildman–Crippen LogP) is 1.77. The van der Waals surface area contributed by atoms with E-state index in [9.17, 15) is 0 Å². The van der Waals surface area contributed by atoms with Gasteiger partial charge >= 0.3 is 0 Å². The number of aliphatic imine (C=N–C) groups is 1. The molecule has 0 radical (unpaired) electrons. The Hall–Kier alpha value is -1.26. The summed E-state index contributed by atoms with van der Waals surface area (Å²) in [5.74, 6) is 1.97. The van der Waals surface area contributed by atoms with Crippen LogP contribution >= 0.6 is 24.0 Å². The lowest BCUT2D eigenvalue weighted by atomic mass is 10.2. The first-order valence-corrected chi connectivity index (χ1v) is 8.08. The van der Waals surface area contributed by atoms with Gasteiger partial charge in [-0.2, -0.15) is 0 Å². The van der Waals surface area contributed by atoms with E-state index in [1.54, 1.807) is 14.2 Å². The van der Waals surface area contributed by atoms with Gasteiger partial charge in [0.1, 0.15) is 6.61 Å². The van der Waals surface area contributed by atoms with Gasteiger partial charge in [-0.1, -0.05) is 6.07 Å². The summed E-state index contributed by atoms with van der Waals surface area (Å²) in [5.41, 5.74) is 1.000. The van der Waals surface area contributed by atoms with E-state index in [0.717, 1.165) is 18.1 Å². The molecule has 0 spiro atoms. The number of aliphatic hydroxyl groups is 1. The second-order valence-corrected chi connectivity index (χ2v) is 5.25. The number of halogens is 1. The first-order valence-electron chi connectivity index (χ1n) is 8.08. The maximum Gasteiger partial charge on any atom is 0.191 e. The minimum absolute atomic E-state index is 0. The number of hydrogen-bond donors (Lipinski definition) is 3. The van der Waals surface area contributed by atoms with Crippen molar-refractivity contribution in [2.24, 2.45) is 4.99 Å². The fourth-order valence-electron chi connectivity index (χ4n) is 2.10. The Labute approximate surface area is 167 Å². The van der Waals surface area contributed by atoms with Gasteiger partial charge in [-0.05, 0) is 31.5 Å². The summed E-state index contributed by atoms with van der Waals surface area (Å²) in [7, 11) is 3.27. The van der Waals surface area contributed by atoms with Crippen LogP contribution in [0, 0.1) is 0 Å². The second-order valence-electron chi connectivity index (χ2n) is 5.25. The van der Waals surface area contributed by atoms with Crippen molar-refractivity contribution in [3.05, 3.63) is 23.8 Å². The van der Waals surface area contributed by atoms with Crippen molar-refractivity contribution in [3.8, 4) is 11.5 Å². The summed E-state index contributed by atoms with van der Waals surface area (Å²) < 4.78 is 15.9. The van der Waals surface area contributed by atoms with Crippen LogP contribution in [0.5, 0.6) is 11.5 Å². The molecule has 0 aliphatic heterocycles. The highest BCUT2D eigenvalue weighted by Gasteiger charge is 2.07.